The average molecular weight is 327 g/mol. The predicted octanol–water partition coefficient (Wildman–Crippen LogP) is 3.20. The largest absolute Gasteiger partial charge is 0.390 e. The molecule has 0 spiro atoms. The van der Waals surface area contributed by atoms with E-state index >= 15 is 0 Å². The standard InChI is InChI=1S/C12H13Cl2FO3S/c1-6(16)19-3-2-10(17)12(18)8-4-7(13)5-9(15)11(8)14/h4-5,10,12,17-18H,2-3H2,1H3. The van der Waals surface area contributed by atoms with E-state index in [9.17, 15) is 19.4 Å². The highest BCUT2D eigenvalue weighted by molar-refractivity contribution is 8.13. The van der Waals surface area contributed by atoms with E-state index < -0.39 is 18.0 Å². The summed E-state index contributed by atoms with van der Waals surface area (Å²) in [7, 11) is 0. The van der Waals surface area contributed by atoms with Crippen molar-refractivity contribution in [2.45, 2.75) is 25.6 Å². The highest BCUT2D eigenvalue weighted by Crippen LogP contribution is 2.31. The van der Waals surface area contributed by atoms with Crippen molar-refractivity contribution < 1.29 is 19.4 Å². The van der Waals surface area contributed by atoms with Crippen LogP contribution < -0.4 is 0 Å². The maximum Gasteiger partial charge on any atom is 0.185 e. The molecule has 1 aromatic rings. The molecule has 0 amide bonds. The molecule has 106 valence electrons. The van der Waals surface area contributed by atoms with Crippen molar-refractivity contribution in [2.24, 2.45) is 0 Å². The fourth-order valence-corrected chi connectivity index (χ4v) is 2.56. The average Bonchev–Trinajstić information content (AvgIpc) is 2.32. The molecular formula is C12H13Cl2FO3S. The van der Waals surface area contributed by atoms with Crippen molar-refractivity contribution in [2.75, 3.05) is 5.75 Å². The molecule has 2 N–H and O–H groups in total. The van der Waals surface area contributed by atoms with Crippen LogP contribution in [-0.4, -0.2) is 27.2 Å². The first-order chi connectivity index (χ1) is 8.82. The number of aliphatic hydroxyl groups is 2. The minimum atomic E-state index is -1.35. The number of thioether (sulfide) groups is 1. The van der Waals surface area contributed by atoms with Gasteiger partial charge >= 0.3 is 0 Å². The van der Waals surface area contributed by atoms with Gasteiger partial charge in [-0.1, -0.05) is 35.0 Å². The minimum Gasteiger partial charge on any atom is -0.390 e. The van der Waals surface area contributed by atoms with Gasteiger partial charge in [-0.05, 0) is 18.6 Å². The van der Waals surface area contributed by atoms with E-state index in [2.05, 4.69) is 0 Å². The summed E-state index contributed by atoms with van der Waals surface area (Å²) in [6.45, 7) is 1.41. The fraction of sp³-hybridized carbons (Fsp3) is 0.417. The molecule has 1 rings (SSSR count). The molecule has 0 saturated carbocycles. The molecule has 0 aliphatic heterocycles. The number of hydrogen-bond acceptors (Lipinski definition) is 4. The van der Waals surface area contributed by atoms with Crippen LogP contribution in [0.25, 0.3) is 0 Å². The molecule has 3 nitrogen and oxygen atoms in total. The van der Waals surface area contributed by atoms with Crippen LogP contribution >= 0.6 is 35.0 Å². The topological polar surface area (TPSA) is 57.5 Å². The van der Waals surface area contributed by atoms with E-state index in [4.69, 9.17) is 23.2 Å². The van der Waals surface area contributed by atoms with Crippen molar-refractivity contribution >= 4 is 40.1 Å². The van der Waals surface area contributed by atoms with E-state index in [0.29, 0.717) is 5.75 Å². The number of rotatable bonds is 5. The Morgan fingerprint density at radius 1 is 1.42 bits per heavy atom. The molecule has 2 atom stereocenters. The summed E-state index contributed by atoms with van der Waals surface area (Å²) in [6, 6.07) is 2.33. The predicted molar refractivity (Wildman–Crippen MR) is 75.1 cm³/mol. The van der Waals surface area contributed by atoms with Crippen LogP contribution in [-0.2, 0) is 4.79 Å². The van der Waals surface area contributed by atoms with E-state index in [1.807, 2.05) is 0 Å². The van der Waals surface area contributed by atoms with Crippen LogP contribution in [0.2, 0.25) is 10.0 Å². The van der Waals surface area contributed by atoms with Gasteiger partial charge in [0.05, 0.1) is 11.1 Å². The molecule has 0 bridgehead atoms. The molecular weight excluding hydrogens is 314 g/mol. The Labute approximate surface area is 124 Å². The molecule has 0 aliphatic rings. The third kappa shape index (κ3) is 4.93. The molecule has 2 unspecified atom stereocenters. The number of carbonyl (C=O) groups is 1. The van der Waals surface area contributed by atoms with Crippen LogP contribution in [0.3, 0.4) is 0 Å². The summed E-state index contributed by atoms with van der Waals surface area (Å²) in [5.41, 5.74) is 0.0343. The second-order valence-corrected chi connectivity index (χ2v) is 6.02. The van der Waals surface area contributed by atoms with Gasteiger partial charge in [-0.3, -0.25) is 4.79 Å². The summed E-state index contributed by atoms with van der Waals surface area (Å²) in [6.07, 6.45) is -2.33. The Morgan fingerprint density at radius 2 is 2.05 bits per heavy atom. The van der Waals surface area contributed by atoms with Crippen molar-refractivity contribution in [3.63, 3.8) is 0 Å². The number of aliphatic hydroxyl groups excluding tert-OH is 2. The van der Waals surface area contributed by atoms with E-state index in [1.165, 1.54) is 13.0 Å². The van der Waals surface area contributed by atoms with E-state index in [1.54, 1.807) is 0 Å². The first-order valence-electron chi connectivity index (χ1n) is 5.47. The molecule has 0 heterocycles. The highest BCUT2D eigenvalue weighted by Gasteiger charge is 2.23. The van der Waals surface area contributed by atoms with Crippen molar-refractivity contribution in [1.82, 2.24) is 0 Å². The normalized spacial score (nSPS) is 14.2. The molecule has 0 aliphatic carbocycles. The van der Waals surface area contributed by atoms with Gasteiger partial charge in [-0.2, -0.15) is 0 Å². The lowest BCUT2D eigenvalue weighted by Gasteiger charge is -2.19. The molecule has 19 heavy (non-hydrogen) atoms. The smallest absolute Gasteiger partial charge is 0.185 e. The van der Waals surface area contributed by atoms with Gasteiger partial charge in [-0.15, -0.1) is 0 Å². The summed E-state index contributed by atoms with van der Waals surface area (Å²) < 4.78 is 13.4. The number of carbonyl (C=O) groups excluding carboxylic acids is 1. The zero-order chi connectivity index (χ0) is 14.6. The zero-order valence-electron chi connectivity index (χ0n) is 10.1. The van der Waals surface area contributed by atoms with Crippen LogP contribution in [0.15, 0.2) is 12.1 Å². The molecule has 0 radical (unpaired) electrons. The number of hydrogen-bond donors (Lipinski definition) is 2. The van der Waals surface area contributed by atoms with Gasteiger partial charge in [0.2, 0.25) is 0 Å². The Balaban J connectivity index is 2.76. The first kappa shape index (κ1) is 16.7. The van der Waals surface area contributed by atoms with Crippen LogP contribution in [0, 0.1) is 5.82 Å². The number of halogens is 3. The fourth-order valence-electron chi connectivity index (χ4n) is 1.48. The lowest BCUT2D eigenvalue weighted by Crippen LogP contribution is -2.19. The van der Waals surface area contributed by atoms with Gasteiger partial charge in [0.25, 0.3) is 0 Å². The summed E-state index contributed by atoms with van der Waals surface area (Å²) in [4.78, 5) is 10.7. The van der Waals surface area contributed by atoms with Crippen molar-refractivity contribution in [1.29, 1.82) is 0 Å². The van der Waals surface area contributed by atoms with Crippen molar-refractivity contribution in [3.05, 3.63) is 33.6 Å². The molecule has 7 heteroatoms. The monoisotopic (exact) mass is 326 g/mol. The summed E-state index contributed by atoms with van der Waals surface area (Å²) >= 11 is 12.4. The van der Waals surface area contributed by atoms with Gasteiger partial charge in [-0.25, -0.2) is 4.39 Å². The van der Waals surface area contributed by atoms with Crippen LogP contribution in [0.4, 0.5) is 4.39 Å². The van der Waals surface area contributed by atoms with Gasteiger partial charge in [0.15, 0.2) is 5.12 Å². The Hall–Kier alpha value is -0.330. The second-order valence-electron chi connectivity index (χ2n) is 3.93. The van der Waals surface area contributed by atoms with E-state index in [0.717, 1.165) is 17.8 Å². The first-order valence-corrected chi connectivity index (χ1v) is 7.21. The van der Waals surface area contributed by atoms with Gasteiger partial charge in [0.1, 0.15) is 11.9 Å². The zero-order valence-corrected chi connectivity index (χ0v) is 12.4. The van der Waals surface area contributed by atoms with Crippen LogP contribution in [0.1, 0.15) is 25.0 Å². The lowest BCUT2D eigenvalue weighted by atomic mass is 10.0. The summed E-state index contributed by atoms with van der Waals surface area (Å²) in [5, 5.41) is 19.5. The summed E-state index contributed by atoms with van der Waals surface area (Å²) in [5.74, 6) is -0.401. The third-order valence-corrected chi connectivity index (χ3v) is 3.89. The van der Waals surface area contributed by atoms with Gasteiger partial charge in [0, 0.05) is 23.3 Å². The number of benzene rings is 1. The second kappa shape index (κ2) is 7.45. The Morgan fingerprint density at radius 3 is 2.63 bits per heavy atom. The maximum absolute atomic E-state index is 13.4. The maximum atomic E-state index is 13.4. The Bertz CT molecular complexity index is 471. The van der Waals surface area contributed by atoms with Gasteiger partial charge < -0.3 is 10.2 Å². The third-order valence-electron chi connectivity index (χ3n) is 2.42. The molecule has 0 saturated heterocycles. The van der Waals surface area contributed by atoms with Crippen LogP contribution in [0.5, 0.6) is 0 Å². The van der Waals surface area contributed by atoms with E-state index in [-0.39, 0.29) is 27.1 Å². The molecule has 0 fully saturated rings. The minimum absolute atomic E-state index is 0.0343. The molecule has 1 aromatic carbocycles. The lowest BCUT2D eigenvalue weighted by molar-refractivity contribution is -0.109. The molecule has 0 aromatic heterocycles. The SMILES string of the molecule is CC(=O)SCCC(O)C(O)c1cc(Cl)cc(F)c1Cl. The van der Waals surface area contributed by atoms with Crippen molar-refractivity contribution in [3.8, 4) is 0 Å². The quantitative estimate of drug-likeness (QED) is 0.816. The highest BCUT2D eigenvalue weighted by atomic mass is 35.5. The Kier molecular flexibility index (Phi) is 6.56.